The first kappa shape index (κ1) is 21.8. The molecule has 2 heterocycles. The van der Waals surface area contributed by atoms with Gasteiger partial charge in [0.1, 0.15) is 5.50 Å². The van der Waals surface area contributed by atoms with Crippen LogP contribution in [0.5, 0.6) is 0 Å². The van der Waals surface area contributed by atoms with Crippen molar-refractivity contribution >= 4 is 34.4 Å². The topological polar surface area (TPSA) is 39.7 Å². The van der Waals surface area contributed by atoms with E-state index in [-0.39, 0.29) is 0 Å². The van der Waals surface area contributed by atoms with Gasteiger partial charge in [0.2, 0.25) is 0 Å². The molecule has 3 unspecified atom stereocenters. The molecule has 0 bridgehead atoms. The molecule has 0 radical (unpaired) electrons. The van der Waals surface area contributed by atoms with E-state index in [2.05, 4.69) is 73.7 Å². The minimum absolute atomic E-state index is 0.346. The van der Waals surface area contributed by atoms with Crippen LogP contribution in [-0.2, 0) is 6.42 Å². The van der Waals surface area contributed by atoms with Gasteiger partial charge in [-0.15, -0.1) is 0 Å². The van der Waals surface area contributed by atoms with Crippen molar-refractivity contribution < 1.29 is 0 Å². The summed E-state index contributed by atoms with van der Waals surface area (Å²) in [4.78, 5) is 8.66. The first-order chi connectivity index (χ1) is 14.5. The molecule has 4 rings (SSSR count). The van der Waals surface area contributed by atoms with Gasteiger partial charge >= 0.3 is 0 Å². The van der Waals surface area contributed by atoms with Crippen molar-refractivity contribution in [2.24, 2.45) is 10.9 Å². The van der Waals surface area contributed by atoms with E-state index >= 15 is 0 Å². The van der Waals surface area contributed by atoms with Crippen LogP contribution in [0.3, 0.4) is 0 Å². The van der Waals surface area contributed by atoms with Crippen LogP contribution in [0.25, 0.3) is 0 Å². The average molecular weight is 443 g/mol. The monoisotopic (exact) mass is 442 g/mol. The Hall–Kier alpha value is -1.37. The van der Waals surface area contributed by atoms with Crippen molar-refractivity contribution in [3.05, 3.63) is 52.1 Å². The van der Waals surface area contributed by atoms with Gasteiger partial charge in [-0.05, 0) is 55.9 Å². The van der Waals surface area contributed by atoms with Crippen LogP contribution in [-0.4, -0.2) is 41.0 Å². The van der Waals surface area contributed by atoms with E-state index in [0.29, 0.717) is 17.5 Å². The number of nitrogens with zero attached hydrogens (tertiary/aromatic N) is 2. The van der Waals surface area contributed by atoms with Crippen LogP contribution in [0.2, 0.25) is 0 Å². The highest BCUT2D eigenvalue weighted by Crippen LogP contribution is 2.43. The average Bonchev–Trinajstić information content (AvgIpc) is 3.29. The second kappa shape index (κ2) is 9.84. The molecular formula is C24H34N4S2. The summed E-state index contributed by atoms with van der Waals surface area (Å²) in [5.74, 6) is 1.77. The number of allylic oxidation sites excluding steroid dienone is 3. The van der Waals surface area contributed by atoms with Crippen LogP contribution in [0.1, 0.15) is 45.6 Å². The normalized spacial score (nSPS) is 26.0. The summed E-state index contributed by atoms with van der Waals surface area (Å²) in [7, 11) is 2.23. The summed E-state index contributed by atoms with van der Waals surface area (Å²) < 4.78 is 0. The molecule has 0 spiro atoms. The molecule has 1 aromatic carbocycles. The zero-order chi connectivity index (χ0) is 21.1. The Morgan fingerprint density at radius 1 is 1.23 bits per heavy atom. The zero-order valence-corrected chi connectivity index (χ0v) is 20.2. The minimum Gasteiger partial charge on any atom is -0.353 e. The third-order valence-electron chi connectivity index (χ3n) is 6.21. The maximum atomic E-state index is 4.78. The van der Waals surface area contributed by atoms with E-state index in [4.69, 9.17) is 4.99 Å². The predicted molar refractivity (Wildman–Crippen MR) is 134 cm³/mol. The highest BCUT2D eigenvalue weighted by Gasteiger charge is 2.32. The van der Waals surface area contributed by atoms with E-state index in [1.54, 1.807) is 0 Å². The molecule has 0 amide bonds. The van der Waals surface area contributed by atoms with E-state index in [9.17, 15) is 0 Å². The van der Waals surface area contributed by atoms with E-state index < -0.39 is 0 Å². The number of benzene rings is 1. The maximum Gasteiger partial charge on any atom is 0.161 e. The van der Waals surface area contributed by atoms with E-state index in [1.165, 1.54) is 34.6 Å². The maximum absolute atomic E-state index is 4.78. The molecule has 0 fully saturated rings. The standard InChI is InChI=1S/C24H34N4S2/c1-5-6-20-15-29-23(27-20)26-19-9-7-18(8-10-19)11-12-25-24-28(4)21-13-16(2)17(3)14-22(21)30-24/h7-10,14,16,20,24-25H,5-6,11-13,15H2,1-4H3,(H,26,27). The minimum atomic E-state index is 0.346. The fourth-order valence-electron chi connectivity index (χ4n) is 4.11. The number of hydrogen-bond acceptors (Lipinski definition) is 6. The summed E-state index contributed by atoms with van der Waals surface area (Å²) in [6, 6.07) is 9.31. The summed E-state index contributed by atoms with van der Waals surface area (Å²) in [6.07, 6.45) is 6.97. The van der Waals surface area contributed by atoms with Crippen LogP contribution in [0.4, 0.5) is 5.69 Å². The van der Waals surface area contributed by atoms with Crippen LogP contribution in [0, 0.1) is 5.92 Å². The van der Waals surface area contributed by atoms with Crippen molar-refractivity contribution in [3.8, 4) is 0 Å². The second-order valence-electron chi connectivity index (χ2n) is 8.60. The Morgan fingerprint density at radius 2 is 2.03 bits per heavy atom. The molecule has 3 atom stereocenters. The number of amidine groups is 1. The first-order valence-electron chi connectivity index (χ1n) is 11.1. The molecule has 6 heteroatoms. The molecule has 2 N–H and O–H groups in total. The van der Waals surface area contributed by atoms with Gasteiger partial charge in [0.15, 0.2) is 5.17 Å². The SMILES string of the molecule is CCCC1CSC(Nc2ccc(CCNC3SC4=C(CC(C)C(C)=C4)N3C)cc2)=N1. The van der Waals surface area contributed by atoms with Crippen molar-refractivity contribution in [2.45, 2.75) is 58.0 Å². The number of aliphatic imine (C=N–C) groups is 1. The Balaban J connectivity index is 1.23. The second-order valence-corrected chi connectivity index (χ2v) is 10.7. The smallest absolute Gasteiger partial charge is 0.161 e. The highest BCUT2D eigenvalue weighted by atomic mass is 32.2. The molecule has 0 saturated heterocycles. The van der Waals surface area contributed by atoms with Gasteiger partial charge in [-0.25, -0.2) is 0 Å². The number of rotatable bonds is 7. The quantitative estimate of drug-likeness (QED) is 0.570. The number of nitrogens with one attached hydrogen (secondary N) is 2. The van der Waals surface area contributed by atoms with Crippen LogP contribution in [0.15, 0.2) is 51.5 Å². The fourth-order valence-corrected chi connectivity index (χ4v) is 6.46. The Kier molecular flexibility index (Phi) is 7.16. The molecule has 30 heavy (non-hydrogen) atoms. The summed E-state index contributed by atoms with van der Waals surface area (Å²) in [5.41, 5.74) is 5.85. The number of thioether (sulfide) groups is 2. The molecule has 2 aliphatic heterocycles. The van der Waals surface area contributed by atoms with Gasteiger partial charge in [-0.1, -0.05) is 61.5 Å². The summed E-state index contributed by atoms with van der Waals surface area (Å²) in [6.45, 7) is 7.80. The lowest BCUT2D eigenvalue weighted by atomic mass is 9.92. The molecule has 0 saturated carbocycles. The van der Waals surface area contributed by atoms with E-state index in [1.807, 2.05) is 23.5 Å². The number of hydrogen-bond donors (Lipinski definition) is 2. The summed E-state index contributed by atoms with van der Waals surface area (Å²) in [5, 5.41) is 8.28. The Morgan fingerprint density at radius 3 is 2.80 bits per heavy atom. The predicted octanol–water partition coefficient (Wildman–Crippen LogP) is 5.66. The molecule has 3 aliphatic rings. The molecule has 1 aliphatic carbocycles. The third-order valence-corrected chi connectivity index (χ3v) is 8.55. The van der Waals surface area contributed by atoms with Gasteiger partial charge in [0.05, 0.1) is 6.04 Å². The summed E-state index contributed by atoms with van der Waals surface area (Å²) >= 11 is 3.80. The lowest BCUT2D eigenvalue weighted by Gasteiger charge is -2.27. The largest absolute Gasteiger partial charge is 0.353 e. The number of anilines is 1. The van der Waals surface area contributed by atoms with Crippen molar-refractivity contribution in [2.75, 3.05) is 24.7 Å². The van der Waals surface area contributed by atoms with Gasteiger partial charge in [0.25, 0.3) is 0 Å². The van der Waals surface area contributed by atoms with Crippen LogP contribution >= 0.6 is 23.5 Å². The van der Waals surface area contributed by atoms with E-state index in [0.717, 1.165) is 36.0 Å². The lowest BCUT2D eigenvalue weighted by molar-refractivity contribution is 0.332. The zero-order valence-electron chi connectivity index (χ0n) is 18.6. The van der Waals surface area contributed by atoms with Crippen molar-refractivity contribution in [1.82, 2.24) is 10.2 Å². The molecule has 4 nitrogen and oxygen atoms in total. The first-order valence-corrected chi connectivity index (χ1v) is 13.0. The van der Waals surface area contributed by atoms with Gasteiger partial charge in [0, 0.05) is 35.6 Å². The molecule has 1 aromatic rings. The van der Waals surface area contributed by atoms with Crippen molar-refractivity contribution in [1.29, 1.82) is 0 Å². The Labute approximate surface area is 190 Å². The van der Waals surface area contributed by atoms with Gasteiger partial charge < -0.3 is 10.2 Å². The van der Waals surface area contributed by atoms with Crippen LogP contribution < -0.4 is 10.6 Å². The molecule has 162 valence electrons. The van der Waals surface area contributed by atoms with Crippen molar-refractivity contribution in [3.63, 3.8) is 0 Å². The molecule has 0 aromatic heterocycles. The van der Waals surface area contributed by atoms with Gasteiger partial charge in [-0.2, -0.15) is 0 Å². The highest BCUT2D eigenvalue weighted by molar-refractivity contribution is 8.14. The third kappa shape index (κ3) is 5.09. The van der Waals surface area contributed by atoms with Gasteiger partial charge in [-0.3, -0.25) is 10.3 Å². The fraction of sp³-hybridized carbons (Fsp3) is 0.542. The molecular weight excluding hydrogens is 408 g/mol. The lowest BCUT2D eigenvalue weighted by Crippen LogP contribution is -2.38. The Bertz CT molecular complexity index is 843.